The molecule has 5 heterocycles. The average Bonchev–Trinajstić information content (AvgIpc) is 3.30. The van der Waals surface area contributed by atoms with E-state index in [2.05, 4.69) is 10.1 Å². The van der Waals surface area contributed by atoms with Gasteiger partial charge in [-0.05, 0) is 19.3 Å². The van der Waals surface area contributed by atoms with Gasteiger partial charge in [0.15, 0.2) is 5.76 Å². The van der Waals surface area contributed by atoms with Crippen molar-refractivity contribution in [2.24, 2.45) is 0 Å². The summed E-state index contributed by atoms with van der Waals surface area (Å²) in [5, 5.41) is 3.57. The third kappa shape index (κ3) is 3.37. The number of nitrogens with zero attached hydrogens (tertiary/aromatic N) is 5. The van der Waals surface area contributed by atoms with Gasteiger partial charge in [0, 0.05) is 31.8 Å². The van der Waals surface area contributed by atoms with Crippen LogP contribution in [0.15, 0.2) is 27.6 Å². The van der Waals surface area contributed by atoms with Gasteiger partial charge in [0.25, 0.3) is 5.56 Å². The summed E-state index contributed by atoms with van der Waals surface area (Å²) in [6, 6.07) is 1.17. The highest BCUT2D eigenvalue weighted by molar-refractivity contribution is 5.47. The molecular weight excluding hydrogens is 391 g/mol. The predicted octanol–water partition coefficient (Wildman–Crippen LogP) is 1.94. The summed E-state index contributed by atoms with van der Waals surface area (Å²) in [5.74, 6) is 0.680. The number of alkyl halides is 3. The highest BCUT2D eigenvalue weighted by Crippen LogP contribution is 2.36. The molecule has 8 nitrogen and oxygen atoms in total. The molecule has 11 heteroatoms. The Labute approximate surface area is 163 Å². The third-order valence-electron chi connectivity index (χ3n) is 5.80. The number of aromatic nitrogens is 3. The van der Waals surface area contributed by atoms with E-state index in [0.29, 0.717) is 18.9 Å². The Morgan fingerprint density at radius 3 is 2.59 bits per heavy atom. The maximum atomic E-state index is 13.8. The van der Waals surface area contributed by atoms with Crippen LogP contribution >= 0.6 is 0 Å². The summed E-state index contributed by atoms with van der Waals surface area (Å²) in [6.07, 6.45) is -1.28. The number of hydrogen-bond donors (Lipinski definition) is 0. The average molecular weight is 411 g/mol. The lowest BCUT2D eigenvalue weighted by molar-refractivity contribution is -0.153. The lowest BCUT2D eigenvalue weighted by atomic mass is 10.1. The van der Waals surface area contributed by atoms with E-state index >= 15 is 0 Å². The lowest BCUT2D eigenvalue weighted by Gasteiger charge is -2.39. The summed E-state index contributed by atoms with van der Waals surface area (Å²) in [5.41, 5.74) is -0.355. The molecule has 156 valence electrons. The Hall–Kier alpha value is -2.56. The fourth-order valence-electron chi connectivity index (χ4n) is 4.43. The van der Waals surface area contributed by atoms with E-state index in [4.69, 9.17) is 9.26 Å². The summed E-state index contributed by atoms with van der Waals surface area (Å²) in [6.45, 7) is 0.954. The molecule has 0 saturated carbocycles. The number of halogens is 3. The number of hydrogen-bond acceptors (Lipinski definition) is 7. The van der Waals surface area contributed by atoms with E-state index in [-0.39, 0.29) is 49.0 Å². The zero-order valence-electron chi connectivity index (χ0n) is 15.5. The number of fused-ring (bicyclic) bond motifs is 3. The molecule has 0 N–H and O–H groups in total. The van der Waals surface area contributed by atoms with Crippen LogP contribution in [0.5, 0.6) is 0 Å². The van der Waals surface area contributed by atoms with Gasteiger partial charge in [0.2, 0.25) is 5.95 Å². The summed E-state index contributed by atoms with van der Waals surface area (Å²) >= 11 is 0. The van der Waals surface area contributed by atoms with Crippen LogP contribution < -0.4 is 15.4 Å². The Morgan fingerprint density at radius 1 is 1.17 bits per heavy atom. The Kier molecular flexibility index (Phi) is 4.30. The van der Waals surface area contributed by atoms with E-state index in [0.717, 1.165) is 17.7 Å². The van der Waals surface area contributed by atoms with Crippen LogP contribution in [0.2, 0.25) is 0 Å². The quantitative estimate of drug-likeness (QED) is 0.764. The normalized spacial score (nSPS) is 26.7. The minimum Gasteiger partial charge on any atom is -0.371 e. The minimum absolute atomic E-state index is 0.0105. The molecular formula is C18H20F3N5O3. The van der Waals surface area contributed by atoms with Crippen LogP contribution in [-0.4, -0.2) is 52.2 Å². The molecule has 0 amide bonds. The van der Waals surface area contributed by atoms with Crippen LogP contribution in [0, 0.1) is 0 Å². The van der Waals surface area contributed by atoms with Gasteiger partial charge in [-0.3, -0.25) is 9.36 Å². The Bertz CT molecular complexity index is 933. The van der Waals surface area contributed by atoms with E-state index in [1.54, 1.807) is 0 Å². The molecule has 2 aromatic heterocycles. The standard InChI is InChI=1S/C18H20F3N5O3/c19-18(20,21)14-4-6-25-16(27)7-15(24-8-11-1-2-12(9-24)28-11)23-17(25)26(14)10-13-3-5-22-29-13/h3,5,7,11-12,14H,1-2,4,6,8-10H2. The largest absolute Gasteiger partial charge is 0.408 e. The summed E-state index contributed by atoms with van der Waals surface area (Å²) in [7, 11) is 0. The maximum absolute atomic E-state index is 13.8. The molecule has 2 bridgehead atoms. The smallest absolute Gasteiger partial charge is 0.371 e. The van der Waals surface area contributed by atoms with Gasteiger partial charge in [-0.1, -0.05) is 5.16 Å². The Balaban J connectivity index is 1.55. The second kappa shape index (κ2) is 6.75. The van der Waals surface area contributed by atoms with Crippen LogP contribution in [-0.2, 0) is 17.8 Å². The number of rotatable bonds is 3. The molecule has 0 spiro atoms. The van der Waals surface area contributed by atoms with Crippen molar-refractivity contribution in [2.75, 3.05) is 22.9 Å². The zero-order chi connectivity index (χ0) is 20.2. The molecule has 2 aromatic rings. The van der Waals surface area contributed by atoms with Gasteiger partial charge >= 0.3 is 6.18 Å². The van der Waals surface area contributed by atoms with Crippen LogP contribution in [0.3, 0.4) is 0 Å². The fraction of sp³-hybridized carbons (Fsp3) is 0.611. The van der Waals surface area contributed by atoms with Crippen molar-refractivity contribution in [2.45, 2.75) is 56.8 Å². The first kappa shape index (κ1) is 18.5. The Morgan fingerprint density at radius 2 is 1.93 bits per heavy atom. The maximum Gasteiger partial charge on any atom is 0.408 e. The first-order valence-electron chi connectivity index (χ1n) is 9.63. The van der Waals surface area contributed by atoms with Crippen molar-refractivity contribution in [3.63, 3.8) is 0 Å². The molecule has 0 radical (unpaired) electrons. The van der Waals surface area contributed by atoms with Gasteiger partial charge in [-0.25, -0.2) is 0 Å². The topological polar surface area (TPSA) is 76.6 Å². The zero-order valence-corrected chi connectivity index (χ0v) is 15.5. The highest BCUT2D eigenvalue weighted by Gasteiger charge is 2.47. The molecule has 2 fully saturated rings. The SMILES string of the molecule is O=c1cc(N2CC3CCC(C2)O3)nc2n1CCC(C(F)(F)F)N2Cc1ccno1. The van der Waals surface area contributed by atoms with Crippen molar-refractivity contribution in [3.8, 4) is 0 Å². The van der Waals surface area contributed by atoms with Crippen molar-refractivity contribution >= 4 is 11.8 Å². The van der Waals surface area contributed by atoms with E-state index in [9.17, 15) is 18.0 Å². The minimum atomic E-state index is -4.46. The monoisotopic (exact) mass is 411 g/mol. The summed E-state index contributed by atoms with van der Waals surface area (Å²) < 4.78 is 53.4. The molecule has 3 atom stereocenters. The lowest BCUT2D eigenvalue weighted by Crippen LogP contribution is -2.52. The van der Waals surface area contributed by atoms with Crippen molar-refractivity contribution < 1.29 is 22.4 Å². The van der Waals surface area contributed by atoms with Gasteiger partial charge < -0.3 is 19.1 Å². The van der Waals surface area contributed by atoms with Crippen molar-refractivity contribution in [1.82, 2.24) is 14.7 Å². The molecule has 3 aliphatic rings. The molecule has 3 unspecified atom stereocenters. The number of anilines is 2. The van der Waals surface area contributed by atoms with E-state index in [1.807, 2.05) is 4.90 Å². The molecule has 0 aromatic carbocycles. The molecule has 5 rings (SSSR count). The first-order chi connectivity index (χ1) is 13.9. The highest BCUT2D eigenvalue weighted by atomic mass is 19.4. The first-order valence-corrected chi connectivity index (χ1v) is 9.63. The van der Waals surface area contributed by atoms with E-state index in [1.165, 1.54) is 22.9 Å². The van der Waals surface area contributed by atoms with E-state index < -0.39 is 12.2 Å². The molecule has 3 aliphatic heterocycles. The second-order valence-corrected chi connectivity index (χ2v) is 7.72. The molecule has 2 saturated heterocycles. The molecule has 29 heavy (non-hydrogen) atoms. The van der Waals surface area contributed by atoms with Crippen LogP contribution in [0.25, 0.3) is 0 Å². The van der Waals surface area contributed by atoms with Gasteiger partial charge in [0.1, 0.15) is 11.9 Å². The number of morpholine rings is 1. The molecule has 0 aliphatic carbocycles. The second-order valence-electron chi connectivity index (χ2n) is 7.72. The number of ether oxygens (including phenoxy) is 1. The van der Waals surface area contributed by atoms with Crippen molar-refractivity contribution in [3.05, 3.63) is 34.4 Å². The fourth-order valence-corrected chi connectivity index (χ4v) is 4.43. The van der Waals surface area contributed by atoms with Gasteiger partial charge in [-0.2, -0.15) is 18.2 Å². The predicted molar refractivity (Wildman–Crippen MR) is 95.8 cm³/mol. The van der Waals surface area contributed by atoms with Crippen molar-refractivity contribution in [1.29, 1.82) is 0 Å². The third-order valence-corrected chi connectivity index (χ3v) is 5.80. The van der Waals surface area contributed by atoms with Crippen LogP contribution in [0.4, 0.5) is 24.9 Å². The van der Waals surface area contributed by atoms with Gasteiger partial charge in [0.05, 0.1) is 24.9 Å². The van der Waals surface area contributed by atoms with Crippen LogP contribution in [0.1, 0.15) is 25.0 Å². The van der Waals surface area contributed by atoms with Gasteiger partial charge in [-0.15, -0.1) is 0 Å². The summed E-state index contributed by atoms with van der Waals surface area (Å²) in [4.78, 5) is 20.3.